The van der Waals surface area contributed by atoms with Crippen molar-refractivity contribution >= 4 is 11.6 Å². The number of carbonyl (C=O) groups excluding carboxylic acids is 1. The molecule has 22 heavy (non-hydrogen) atoms. The number of aryl methyl sites for hydroxylation is 1. The summed E-state index contributed by atoms with van der Waals surface area (Å²) in [5, 5.41) is 2.92. The first-order chi connectivity index (χ1) is 10.6. The third kappa shape index (κ3) is 2.81. The Morgan fingerprint density at radius 3 is 2.59 bits per heavy atom. The van der Waals surface area contributed by atoms with Crippen LogP contribution in [0.4, 0.5) is 5.69 Å². The first kappa shape index (κ1) is 14.2. The van der Waals surface area contributed by atoms with E-state index in [0.29, 0.717) is 12.1 Å². The fourth-order valence-electron chi connectivity index (χ4n) is 2.55. The molecule has 2 aromatic heterocycles. The van der Waals surface area contributed by atoms with Crippen molar-refractivity contribution in [2.45, 2.75) is 20.4 Å². The van der Waals surface area contributed by atoms with E-state index in [2.05, 4.69) is 9.88 Å². The fourth-order valence-corrected chi connectivity index (χ4v) is 2.55. The normalized spacial score (nSPS) is 10.6. The third-order valence-corrected chi connectivity index (χ3v) is 3.74. The molecule has 0 bridgehead atoms. The fraction of sp³-hybridized carbons (Fsp3) is 0.167. The predicted molar refractivity (Wildman–Crippen MR) is 86.1 cm³/mol. The lowest BCUT2D eigenvalue weighted by molar-refractivity contribution is 0.102. The maximum Gasteiger partial charge on any atom is 0.257 e. The van der Waals surface area contributed by atoms with Crippen molar-refractivity contribution in [3.05, 3.63) is 77.5 Å². The van der Waals surface area contributed by atoms with E-state index in [4.69, 9.17) is 4.42 Å². The van der Waals surface area contributed by atoms with E-state index >= 15 is 0 Å². The number of amides is 1. The highest BCUT2D eigenvalue weighted by molar-refractivity contribution is 6.05. The van der Waals surface area contributed by atoms with E-state index in [-0.39, 0.29) is 5.91 Å². The van der Waals surface area contributed by atoms with Gasteiger partial charge in [-0.2, -0.15) is 0 Å². The van der Waals surface area contributed by atoms with Crippen LogP contribution in [0, 0.1) is 13.8 Å². The van der Waals surface area contributed by atoms with Gasteiger partial charge in [0.25, 0.3) is 5.91 Å². The Bertz CT molecular complexity index is 771. The number of aromatic nitrogens is 1. The average molecular weight is 294 g/mol. The lowest BCUT2D eigenvalue weighted by Crippen LogP contribution is -2.13. The van der Waals surface area contributed by atoms with Gasteiger partial charge in [0, 0.05) is 17.1 Å². The second-order valence-electron chi connectivity index (χ2n) is 5.27. The summed E-state index contributed by atoms with van der Waals surface area (Å²) in [6.45, 7) is 4.58. The van der Waals surface area contributed by atoms with Crippen LogP contribution in [0.15, 0.2) is 59.2 Å². The standard InChI is InChI=1S/C18H18N2O2/c1-13-11-17(18(21)19-15-7-4-3-5-8-15)14(2)20(13)12-16-9-6-10-22-16/h3-11H,12H2,1-2H3,(H,19,21). The van der Waals surface area contributed by atoms with Crippen molar-refractivity contribution in [2.24, 2.45) is 0 Å². The van der Waals surface area contributed by atoms with Gasteiger partial charge in [0.2, 0.25) is 0 Å². The predicted octanol–water partition coefficient (Wildman–Crippen LogP) is 4.00. The molecule has 2 heterocycles. The van der Waals surface area contributed by atoms with Gasteiger partial charge in [-0.1, -0.05) is 18.2 Å². The number of furan rings is 1. The highest BCUT2D eigenvalue weighted by atomic mass is 16.3. The molecule has 3 aromatic rings. The molecular weight excluding hydrogens is 276 g/mol. The lowest BCUT2D eigenvalue weighted by Gasteiger charge is -2.08. The summed E-state index contributed by atoms with van der Waals surface area (Å²) in [4.78, 5) is 12.5. The van der Waals surface area contributed by atoms with Crippen molar-refractivity contribution < 1.29 is 9.21 Å². The third-order valence-electron chi connectivity index (χ3n) is 3.74. The minimum Gasteiger partial charge on any atom is -0.467 e. The molecule has 0 aliphatic heterocycles. The molecule has 0 fully saturated rings. The van der Waals surface area contributed by atoms with Crippen LogP contribution < -0.4 is 5.32 Å². The summed E-state index contributed by atoms with van der Waals surface area (Å²) in [6.07, 6.45) is 1.66. The van der Waals surface area contributed by atoms with Crippen molar-refractivity contribution in [2.75, 3.05) is 5.32 Å². The SMILES string of the molecule is Cc1cc(C(=O)Nc2ccccc2)c(C)n1Cc1ccco1. The van der Waals surface area contributed by atoms with E-state index in [0.717, 1.165) is 22.8 Å². The molecule has 0 saturated carbocycles. The van der Waals surface area contributed by atoms with E-state index in [1.807, 2.05) is 62.4 Å². The maximum absolute atomic E-state index is 12.5. The second-order valence-corrected chi connectivity index (χ2v) is 5.27. The summed E-state index contributed by atoms with van der Waals surface area (Å²) in [6, 6.07) is 15.2. The number of carbonyl (C=O) groups is 1. The molecule has 1 aromatic carbocycles. The molecule has 112 valence electrons. The van der Waals surface area contributed by atoms with Crippen LogP contribution in [0.2, 0.25) is 0 Å². The van der Waals surface area contributed by atoms with Crippen LogP contribution in [0.3, 0.4) is 0 Å². The Morgan fingerprint density at radius 2 is 1.91 bits per heavy atom. The summed E-state index contributed by atoms with van der Waals surface area (Å²) in [7, 11) is 0. The van der Waals surface area contributed by atoms with E-state index in [1.165, 1.54) is 0 Å². The zero-order valence-corrected chi connectivity index (χ0v) is 12.7. The van der Waals surface area contributed by atoms with E-state index < -0.39 is 0 Å². The van der Waals surface area contributed by atoms with Crippen LogP contribution >= 0.6 is 0 Å². The number of nitrogens with zero attached hydrogens (tertiary/aromatic N) is 1. The minimum absolute atomic E-state index is 0.0926. The Balaban J connectivity index is 1.84. The minimum atomic E-state index is -0.0926. The van der Waals surface area contributed by atoms with Gasteiger partial charge in [-0.15, -0.1) is 0 Å². The van der Waals surface area contributed by atoms with Gasteiger partial charge >= 0.3 is 0 Å². The van der Waals surface area contributed by atoms with Gasteiger partial charge in [-0.3, -0.25) is 4.79 Å². The van der Waals surface area contributed by atoms with Crippen LogP contribution in [-0.4, -0.2) is 10.5 Å². The van der Waals surface area contributed by atoms with Crippen molar-refractivity contribution in [3.8, 4) is 0 Å². The molecule has 4 heteroatoms. The number of hydrogen-bond donors (Lipinski definition) is 1. The topological polar surface area (TPSA) is 47.2 Å². The van der Waals surface area contributed by atoms with Crippen molar-refractivity contribution in [1.29, 1.82) is 0 Å². The molecule has 0 saturated heterocycles. The Kier molecular flexibility index (Phi) is 3.83. The van der Waals surface area contributed by atoms with Crippen molar-refractivity contribution in [1.82, 2.24) is 4.57 Å². The molecule has 4 nitrogen and oxygen atoms in total. The molecule has 0 spiro atoms. The zero-order valence-electron chi connectivity index (χ0n) is 12.7. The zero-order chi connectivity index (χ0) is 15.5. The number of benzene rings is 1. The molecule has 0 atom stereocenters. The lowest BCUT2D eigenvalue weighted by atomic mass is 10.2. The highest BCUT2D eigenvalue weighted by Gasteiger charge is 2.16. The van der Waals surface area contributed by atoms with Gasteiger partial charge in [0.15, 0.2) is 0 Å². The first-order valence-electron chi connectivity index (χ1n) is 7.20. The van der Waals surface area contributed by atoms with Crippen LogP contribution in [0.5, 0.6) is 0 Å². The number of anilines is 1. The highest BCUT2D eigenvalue weighted by Crippen LogP contribution is 2.19. The molecule has 1 amide bonds. The van der Waals surface area contributed by atoms with Gasteiger partial charge in [-0.05, 0) is 44.2 Å². The second kappa shape index (κ2) is 5.93. The van der Waals surface area contributed by atoms with Gasteiger partial charge in [0.1, 0.15) is 5.76 Å². The Labute approximate surface area is 129 Å². The molecule has 0 radical (unpaired) electrons. The maximum atomic E-state index is 12.5. The van der Waals surface area contributed by atoms with Gasteiger partial charge < -0.3 is 14.3 Å². The van der Waals surface area contributed by atoms with Crippen molar-refractivity contribution in [3.63, 3.8) is 0 Å². The van der Waals surface area contributed by atoms with E-state index in [1.54, 1.807) is 6.26 Å². The van der Waals surface area contributed by atoms with Gasteiger partial charge in [-0.25, -0.2) is 0 Å². The summed E-state index contributed by atoms with van der Waals surface area (Å²) < 4.78 is 7.47. The van der Waals surface area contributed by atoms with Crippen LogP contribution in [0.1, 0.15) is 27.5 Å². The molecule has 0 unspecified atom stereocenters. The Morgan fingerprint density at radius 1 is 1.14 bits per heavy atom. The molecule has 1 N–H and O–H groups in total. The first-order valence-corrected chi connectivity index (χ1v) is 7.20. The number of hydrogen-bond acceptors (Lipinski definition) is 2. The monoisotopic (exact) mass is 294 g/mol. The number of nitrogens with one attached hydrogen (secondary N) is 1. The molecule has 0 aliphatic rings. The summed E-state index contributed by atoms with van der Waals surface area (Å²) >= 11 is 0. The summed E-state index contributed by atoms with van der Waals surface area (Å²) in [5.74, 6) is 0.779. The Hall–Kier alpha value is -2.75. The van der Waals surface area contributed by atoms with E-state index in [9.17, 15) is 4.79 Å². The van der Waals surface area contributed by atoms with Gasteiger partial charge in [0.05, 0.1) is 18.4 Å². The largest absolute Gasteiger partial charge is 0.467 e. The number of rotatable bonds is 4. The molecular formula is C18H18N2O2. The quantitative estimate of drug-likeness (QED) is 0.790. The van der Waals surface area contributed by atoms with Crippen LogP contribution in [0.25, 0.3) is 0 Å². The molecule has 3 rings (SSSR count). The average Bonchev–Trinajstić information content (AvgIpc) is 3.12. The molecule has 0 aliphatic carbocycles. The summed E-state index contributed by atoms with van der Waals surface area (Å²) in [5.41, 5.74) is 3.45. The number of para-hydroxylation sites is 1. The van der Waals surface area contributed by atoms with Crippen LogP contribution in [-0.2, 0) is 6.54 Å². The smallest absolute Gasteiger partial charge is 0.257 e.